The van der Waals surface area contributed by atoms with Crippen molar-refractivity contribution in [3.8, 4) is 6.07 Å². The van der Waals surface area contributed by atoms with E-state index in [2.05, 4.69) is 47.7 Å². The van der Waals surface area contributed by atoms with Gasteiger partial charge in [0.2, 0.25) is 0 Å². The van der Waals surface area contributed by atoms with Crippen molar-refractivity contribution in [3.05, 3.63) is 28.2 Å². The SMILES string of the molecule is CC1CN(c2ccc(C#N)c(Br)c2)CC(C)(C)O1. The molecule has 1 aromatic rings. The summed E-state index contributed by atoms with van der Waals surface area (Å²) >= 11 is 3.44. The fourth-order valence-electron chi connectivity index (χ4n) is 2.44. The minimum Gasteiger partial charge on any atom is -0.369 e. The van der Waals surface area contributed by atoms with Crippen LogP contribution >= 0.6 is 15.9 Å². The molecule has 0 radical (unpaired) electrons. The third-order valence-electron chi connectivity index (χ3n) is 3.01. The molecular weight excluding hydrogens is 292 g/mol. The van der Waals surface area contributed by atoms with E-state index in [0.29, 0.717) is 5.56 Å². The van der Waals surface area contributed by atoms with E-state index in [0.717, 1.165) is 23.2 Å². The van der Waals surface area contributed by atoms with Crippen LogP contribution in [0.25, 0.3) is 0 Å². The summed E-state index contributed by atoms with van der Waals surface area (Å²) in [6, 6.07) is 8.02. The highest BCUT2D eigenvalue weighted by molar-refractivity contribution is 9.10. The van der Waals surface area contributed by atoms with Crippen LogP contribution in [0.2, 0.25) is 0 Å². The number of benzene rings is 1. The zero-order chi connectivity index (χ0) is 13.3. The molecule has 96 valence electrons. The molecular formula is C14H17BrN2O. The molecule has 0 N–H and O–H groups in total. The van der Waals surface area contributed by atoms with E-state index in [4.69, 9.17) is 10.00 Å². The maximum atomic E-state index is 8.93. The summed E-state index contributed by atoms with van der Waals surface area (Å²) in [4.78, 5) is 2.31. The Hall–Kier alpha value is -1.05. The Morgan fingerprint density at radius 2 is 2.22 bits per heavy atom. The smallest absolute Gasteiger partial charge is 0.100 e. The van der Waals surface area contributed by atoms with Crippen LogP contribution in [0.4, 0.5) is 5.69 Å². The fourth-order valence-corrected chi connectivity index (χ4v) is 2.90. The van der Waals surface area contributed by atoms with Gasteiger partial charge in [0.25, 0.3) is 0 Å². The number of hydrogen-bond donors (Lipinski definition) is 0. The minimum atomic E-state index is -0.141. The quantitative estimate of drug-likeness (QED) is 0.798. The zero-order valence-electron chi connectivity index (χ0n) is 10.9. The number of morpholine rings is 1. The molecule has 4 heteroatoms. The standard InChI is InChI=1S/C14H17BrN2O/c1-10-8-17(9-14(2,3)18-10)12-5-4-11(7-16)13(15)6-12/h4-6,10H,8-9H2,1-3H3. The molecule has 18 heavy (non-hydrogen) atoms. The van der Waals surface area contributed by atoms with E-state index < -0.39 is 0 Å². The Morgan fingerprint density at radius 1 is 1.50 bits per heavy atom. The summed E-state index contributed by atoms with van der Waals surface area (Å²) in [5.74, 6) is 0. The van der Waals surface area contributed by atoms with Crippen molar-refractivity contribution in [1.29, 1.82) is 5.26 Å². The molecule has 1 saturated heterocycles. The van der Waals surface area contributed by atoms with Gasteiger partial charge in [-0.3, -0.25) is 0 Å². The maximum absolute atomic E-state index is 8.93. The third kappa shape index (κ3) is 2.85. The number of nitriles is 1. The number of nitrogens with zero attached hydrogens (tertiary/aromatic N) is 2. The van der Waals surface area contributed by atoms with Crippen LogP contribution in [0.1, 0.15) is 26.3 Å². The lowest BCUT2D eigenvalue weighted by Crippen LogP contribution is -2.52. The van der Waals surface area contributed by atoms with E-state index in [1.165, 1.54) is 0 Å². The van der Waals surface area contributed by atoms with Crippen LogP contribution in [0.3, 0.4) is 0 Å². The lowest BCUT2D eigenvalue weighted by atomic mass is 10.0. The molecule has 0 aliphatic carbocycles. The predicted molar refractivity (Wildman–Crippen MR) is 75.7 cm³/mol. The molecule has 3 nitrogen and oxygen atoms in total. The second-order valence-corrected chi connectivity index (χ2v) is 6.20. The molecule has 1 aromatic carbocycles. The second kappa shape index (κ2) is 4.91. The monoisotopic (exact) mass is 308 g/mol. The summed E-state index contributed by atoms with van der Waals surface area (Å²) < 4.78 is 6.74. The largest absolute Gasteiger partial charge is 0.369 e. The molecule has 1 aliphatic heterocycles. The van der Waals surface area contributed by atoms with E-state index in [1.54, 1.807) is 0 Å². The third-order valence-corrected chi connectivity index (χ3v) is 3.66. The Labute approximate surface area is 116 Å². The summed E-state index contributed by atoms with van der Waals surface area (Å²) in [5.41, 5.74) is 1.65. The summed E-state index contributed by atoms with van der Waals surface area (Å²) in [7, 11) is 0. The van der Waals surface area contributed by atoms with E-state index in [-0.39, 0.29) is 11.7 Å². The molecule has 0 spiro atoms. The van der Waals surface area contributed by atoms with Crippen LogP contribution in [0.5, 0.6) is 0 Å². The first-order valence-corrected chi connectivity index (χ1v) is 6.83. The molecule has 2 rings (SSSR count). The number of ether oxygens (including phenoxy) is 1. The second-order valence-electron chi connectivity index (χ2n) is 5.34. The van der Waals surface area contributed by atoms with Crippen LogP contribution in [-0.4, -0.2) is 24.8 Å². The highest BCUT2D eigenvalue weighted by Crippen LogP contribution is 2.29. The van der Waals surface area contributed by atoms with E-state index in [1.807, 2.05) is 18.2 Å². The lowest BCUT2D eigenvalue weighted by Gasteiger charge is -2.43. The van der Waals surface area contributed by atoms with Gasteiger partial charge in [-0.2, -0.15) is 5.26 Å². The number of halogens is 1. The Bertz CT molecular complexity index is 493. The van der Waals surface area contributed by atoms with Crippen LogP contribution in [0.15, 0.2) is 22.7 Å². The molecule has 0 saturated carbocycles. The highest BCUT2D eigenvalue weighted by Gasteiger charge is 2.31. The van der Waals surface area contributed by atoms with Gasteiger partial charge in [0, 0.05) is 23.2 Å². The van der Waals surface area contributed by atoms with E-state index >= 15 is 0 Å². The molecule has 0 aromatic heterocycles. The molecule has 1 atom stereocenters. The van der Waals surface area contributed by atoms with Crippen LogP contribution < -0.4 is 4.90 Å². The number of rotatable bonds is 1. The van der Waals surface area contributed by atoms with Gasteiger partial charge >= 0.3 is 0 Å². The fraction of sp³-hybridized carbons (Fsp3) is 0.500. The van der Waals surface area contributed by atoms with Crippen molar-refractivity contribution in [2.75, 3.05) is 18.0 Å². The Morgan fingerprint density at radius 3 is 2.78 bits per heavy atom. The molecule has 1 unspecified atom stereocenters. The van der Waals surface area contributed by atoms with Gasteiger partial charge in [-0.15, -0.1) is 0 Å². The molecule has 1 heterocycles. The van der Waals surface area contributed by atoms with E-state index in [9.17, 15) is 0 Å². The van der Waals surface area contributed by atoms with Gasteiger partial charge in [-0.05, 0) is 54.9 Å². The van der Waals surface area contributed by atoms with Gasteiger partial charge < -0.3 is 9.64 Å². The van der Waals surface area contributed by atoms with Gasteiger partial charge in [-0.25, -0.2) is 0 Å². The number of anilines is 1. The molecule has 1 aliphatic rings. The van der Waals surface area contributed by atoms with Crippen molar-refractivity contribution >= 4 is 21.6 Å². The maximum Gasteiger partial charge on any atom is 0.100 e. The van der Waals surface area contributed by atoms with Crippen LogP contribution in [-0.2, 0) is 4.74 Å². The first-order chi connectivity index (χ1) is 8.41. The minimum absolute atomic E-state index is 0.141. The van der Waals surface area contributed by atoms with Gasteiger partial charge in [0.1, 0.15) is 6.07 Å². The lowest BCUT2D eigenvalue weighted by molar-refractivity contribution is -0.0749. The first kappa shape index (κ1) is 13.4. The summed E-state index contributed by atoms with van der Waals surface area (Å²) in [6.07, 6.45) is 0.211. The van der Waals surface area contributed by atoms with Crippen molar-refractivity contribution in [2.45, 2.75) is 32.5 Å². The Kier molecular flexibility index (Phi) is 3.65. The summed E-state index contributed by atoms with van der Waals surface area (Å²) in [6.45, 7) is 8.03. The average molecular weight is 309 g/mol. The molecule has 0 bridgehead atoms. The topological polar surface area (TPSA) is 36.3 Å². The normalized spacial score (nSPS) is 22.6. The number of hydrogen-bond acceptors (Lipinski definition) is 3. The van der Waals surface area contributed by atoms with Crippen molar-refractivity contribution in [2.24, 2.45) is 0 Å². The van der Waals surface area contributed by atoms with Crippen molar-refractivity contribution in [1.82, 2.24) is 0 Å². The Balaban J connectivity index is 2.26. The highest BCUT2D eigenvalue weighted by atomic mass is 79.9. The van der Waals surface area contributed by atoms with Crippen LogP contribution in [0, 0.1) is 11.3 Å². The average Bonchev–Trinajstić information content (AvgIpc) is 2.26. The predicted octanol–water partition coefficient (Wildman–Crippen LogP) is 3.32. The zero-order valence-corrected chi connectivity index (χ0v) is 12.5. The van der Waals surface area contributed by atoms with Crippen molar-refractivity contribution in [3.63, 3.8) is 0 Å². The first-order valence-electron chi connectivity index (χ1n) is 6.04. The molecule has 1 fully saturated rings. The van der Waals surface area contributed by atoms with Gasteiger partial charge in [0.05, 0.1) is 17.3 Å². The van der Waals surface area contributed by atoms with Gasteiger partial charge in [-0.1, -0.05) is 0 Å². The van der Waals surface area contributed by atoms with Gasteiger partial charge in [0.15, 0.2) is 0 Å². The van der Waals surface area contributed by atoms with Crippen molar-refractivity contribution < 1.29 is 4.74 Å². The molecule has 0 amide bonds. The summed E-state index contributed by atoms with van der Waals surface area (Å²) in [5, 5.41) is 8.93.